The summed E-state index contributed by atoms with van der Waals surface area (Å²) >= 11 is 5.78. The summed E-state index contributed by atoms with van der Waals surface area (Å²) in [6.07, 6.45) is -0.241. The van der Waals surface area contributed by atoms with Crippen molar-refractivity contribution in [3.63, 3.8) is 0 Å². The first-order valence-corrected chi connectivity index (χ1v) is 7.01. The lowest BCUT2D eigenvalue weighted by molar-refractivity contribution is -0.137. The van der Waals surface area contributed by atoms with E-state index >= 15 is 0 Å². The second kappa shape index (κ2) is 5.69. The Morgan fingerprint density at radius 2 is 2.06 bits per heavy atom. The number of carbonyl (C=O) groups is 1. The van der Waals surface area contributed by atoms with Gasteiger partial charge in [-0.2, -0.15) is 0 Å². The molecule has 1 N–H and O–H groups in total. The van der Waals surface area contributed by atoms with Crippen LogP contribution in [0.25, 0.3) is 0 Å². The van der Waals surface area contributed by atoms with Crippen LogP contribution in [0.15, 0.2) is 23.1 Å². The number of halogens is 1. The molecule has 0 aliphatic rings. The minimum atomic E-state index is -3.70. The Bertz CT molecular complexity index is 556. The number of nitrogens with zero attached hydrogens (tertiary/aromatic N) is 1. The highest BCUT2D eigenvalue weighted by Crippen LogP contribution is 2.22. The van der Waals surface area contributed by atoms with Crippen molar-refractivity contribution >= 4 is 27.6 Å². The summed E-state index contributed by atoms with van der Waals surface area (Å²) in [4.78, 5) is 10.5. The highest BCUT2D eigenvalue weighted by molar-refractivity contribution is 7.89. The summed E-state index contributed by atoms with van der Waals surface area (Å²) in [5.41, 5.74) is 0.571. The van der Waals surface area contributed by atoms with Gasteiger partial charge in [-0.15, -0.1) is 0 Å². The lowest BCUT2D eigenvalue weighted by Crippen LogP contribution is -2.29. The zero-order valence-electron chi connectivity index (χ0n) is 10.1. The Labute approximate surface area is 111 Å². The predicted molar refractivity (Wildman–Crippen MR) is 68.3 cm³/mol. The summed E-state index contributed by atoms with van der Waals surface area (Å²) in [5, 5.41) is 8.88. The molecule has 0 aliphatic carbocycles. The second-order valence-corrected chi connectivity index (χ2v) is 6.33. The van der Waals surface area contributed by atoms with Crippen LogP contribution in [-0.2, 0) is 14.8 Å². The third-order valence-corrected chi connectivity index (χ3v) is 4.71. The quantitative estimate of drug-likeness (QED) is 0.897. The van der Waals surface area contributed by atoms with E-state index in [0.29, 0.717) is 10.6 Å². The van der Waals surface area contributed by atoms with Crippen molar-refractivity contribution in [2.45, 2.75) is 18.2 Å². The second-order valence-electron chi connectivity index (χ2n) is 3.88. The molecular weight excluding hydrogens is 278 g/mol. The molecular formula is C11H14ClNO4S. The van der Waals surface area contributed by atoms with Crippen LogP contribution in [0, 0.1) is 6.92 Å². The largest absolute Gasteiger partial charge is 0.481 e. The molecule has 0 aliphatic heterocycles. The number of carboxylic acid groups (broad SMARTS) is 1. The zero-order valence-corrected chi connectivity index (χ0v) is 11.6. The van der Waals surface area contributed by atoms with Crippen LogP contribution in [-0.4, -0.2) is 37.4 Å². The van der Waals surface area contributed by atoms with Crippen molar-refractivity contribution in [1.82, 2.24) is 4.31 Å². The number of aryl methyl sites for hydroxylation is 1. The zero-order chi connectivity index (χ0) is 13.9. The third kappa shape index (κ3) is 3.44. The van der Waals surface area contributed by atoms with Crippen LogP contribution in [0.2, 0.25) is 5.02 Å². The van der Waals surface area contributed by atoms with Crippen LogP contribution in [0.1, 0.15) is 12.0 Å². The molecule has 0 spiro atoms. The van der Waals surface area contributed by atoms with Gasteiger partial charge in [0.1, 0.15) is 0 Å². The Kier molecular flexibility index (Phi) is 4.72. The van der Waals surface area contributed by atoms with Gasteiger partial charge >= 0.3 is 5.97 Å². The molecule has 0 aromatic heterocycles. The fourth-order valence-corrected chi connectivity index (χ4v) is 3.05. The summed E-state index contributed by atoms with van der Waals surface area (Å²) in [7, 11) is -2.36. The number of sulfonamides is 1. The predicted octanol–water partition coefficient (Wildman–Crippen LogP) is 1.74. The number of benzene rings is 1. The number of hydrogen-bond donors (Lipinski definition) is 1. The van der Waals surface area contributed by atoms with Gasteiger partial charge in [-0.3, -0.25) is 4.79 Å². The first kappa shape index (κ1) is 14.9. The fourth-order valence-electron chi connectivity index (χ4n) is 1.39. The van der Waals surface area contributed by atoms with E-state index in [-0.39, 0.29) is 17.9 Å². The van der Waals surface area contributed by atoms with Crippen molar-refractivity contribution in [1.29, 1.82) is 0 Å². The summed E-state index contributed by atoms with van der Waals surface area (Å²) < 4.78 is 25.4. The van der Waals surface area contributed by atoms with Gasteiger partial charge in [0, 0.05) is 18.6 Å². The van der Waals surface area contributed by atoms with Crippen molar-refractivity contribution in [3.05, 3.63) is 28.8 Å². The molecule has 18 heavy (non-hydrogen) atoms. The number of aliphatic carboxylic acids is 1. The fraction of sp³-hybridized carbons (Fsp3) is 0.364. The van der Waals surface area contributed by atoms with Gasteiger partial charge in [-0.05, 0) is 24.6 Å². The Balaban J connectivity index is 3.05. The molecule has 0 saturated carbocycles. The highest BCUT2D eigenvalue weighted by atomic mass is 35.5. The van der Waals surface area contributed by atoms with Crippen LogP contribution < -0.4 is 0 Å². The standard InChI is InChI=1S/C11H14ClNO4S/c1-8-3-4-9(12)7-10(8)18(16,17)13(2)6-5-11(14)15/h3-4,7H,5-6H2,1-2H3,(H,14,15). The van der Waals surface area contributed by atoms with Gasteiger partial charge in [0.15, 0.2) is 0 Å². The van der Waals surface area contributed by atoms with E-state index in [1.54, 1.807) is 19.1 Å². The third-order valence-electron chi connectivity index (χ3n) is 2.48. The molecule has 0 saturated heterocycles. The number of rotatable bonds is 5. The lowest BCUT2D eigenvalue weighted by atomic mass is 10.2. The van der Waals surface area contributed by atoms with Gasteiger partial charge < -0.3 is 5.11 Å². The molecule has 0 amide bonds. The van der Waals surface area contributed by atoms with E-state index in [1.807, 2.05) is 0 Å². The van der Waals surface area contributed by atoms with E-state index in [1.165, 1.54) is 13.1 Å². The van der Waals surface area contributed by atoms with Crippen LogP contribution in [0.3, 0.4) is 0 Å². The number of hydrogen-bond acceptors (Lipinski definition) is 3. The molecule has 0 atom stereocenters. The monoisotopic (exact) mass is 291 g/mol. The molecule has 0 bridgehead atoms. The minimum absolute atomic E-state index is 0.0797. The smallest absolute Gasteiger partial charge is 0.304 e. The average Bonchev–Trinajstić information content (AvgIpc) is 2.28. The Morgan fingerprint density at radius 3 is 2.61 bits per heavy atom. The molecule has 0 heterocycles. The van der Waals surface area contributed by atoms with Crippen LogP contribution in [0.4, 0.5) is 0 Å². The van der Waals surface area contributed by atoms with E-state index in [4.69, 9.17) is 16.7 Å². The molecule has 0 radical (unpaired) electrons. The van der Waals surface area contributed by atoms with Gasteiger partial charge in [0.2, 0.25) is 10.0 Å². The summed E-state index contributed by atoms with van der Waals surface area (Å²) in [6.45, 7) is 1.58. The van der Waals surface area contributed by atoms with Crippen molar-refractivity contribution in [3.8, 4) is 0 Å². The minimum Gasteiger partial charge on any atom is -0.481 e. The maximum atomic E-state index is 12.2. The van der Waals surface area contributed by atoms with Gasteiger partial charge in [0.05, 0.1) is 11.3 Å². The molecule has 1 aromatic carbocycles. The molecule has 7 heteroatoms. The maximum absolute atomic E-state index is 12.2. The molecule has 100 valence electrons. The maximum Gasteiger partial charge on any atom is 0.304 e. The molecule has 0 fully saturated rings. The summed E-state index contributed by atoms with van der Waals surface area (Å²) in [6, 6.07) is 4.58. The first-order chi connectivity index (χ1) is 8.25. The normalized spacial score (nSPS) is 11.8. The Morgan fingerprint density at radius 1 is 1.44 bits per heavy atom. The van der Waals surface area contributed by atoms with E-state index in [9.17, 15) is 13.2 Å². The lowest BCUT2D eigenvalue weighted by Gasteiger charge is -2.17. The topological polar surface area (TPSA) is 74.7 Å². The highest BCUT2D eigenvalue weighted by Gasteiger charge is 2.23. The van der Waals surface area contributed by atoms with Gasteiger partial charge in [0.25, 0.3) is 0 Å². The van der Waals surface area contributed by atoms with Crippen LogP contribution in [0.5, 0.6) is 0 Å². The van der Waals surface area contributed by atoms with Gasteiger partial charge in [-0.1, -0.05) is 17.7 Å². The SMILES string of the molecule is Cc1ccc(Cl)cc1S(=O)(=O)N(C)CCC(=O)O. The molecule has 0 unspecified atom stereocenters. The van der Waals surface area contributed by atoms with E-state index in [0.717, 1.165) is 4.31 Å². The number of carboxylic acids is 1. The van der Waals surface area contributed by atoms with Crippen LogP contribution >= 0.6 is 11.6 Å². The van der Waals surface area contributed by atoms with Gasteiger partial charge in [-0.25, -0.2) is 12.7 Å². The van der Waals surface area contributed by atoms with Crippen molar-refractivity contribution < 1.29 is 18.3 Å². The first-order valence-electron chi connectivity index (χ1n) is 5.19. The molecule has 5 nitrogen and oxygen atoms in total. The molecule has 1 rings (SSSR count). The summed E-state index contributed by atoms with van der Waals surface area (Å²) in [5.74, 6) is -1.04. The van der Waals surface area contributed by atoms with Crippen molar-refractivity contribution in [2.24, 2.45) is 0 Å². The van der Waals surface area contributed by atoms with E-state index in [2.05, 4.69) is 0 Å². The Hall–Kier alpha value is -1.11. The van der Waals surface area contributed by atoms with Crippen molar-refractivity contribution in [2.75, 3.05) is 13.6 Å². The van der Waals surface area contributed by atoms with E-state index < -0.39 is 16.0 Å². The average molecular weight is 292 g/mol. The molecule has 1 aromatic rings.